The summed E-state index contributed by atoms with van der Waals surface area (Å²) in [6, 6.07) is 6.17. The molecular weight excluding hydrogens is 285 g/mol. The number of halogens is 1. The number of rotatable bonds is 4. The van der Waals surface area contributed by atoms with E-state index in [1.165, 1.54) is 23.5 Å². The standard InChI is InChI=1S/C12H8FN3OS2/c13-9-3-1-2-8(4-9)11-15-10(5-17-11)6-18-12-16-14-7-19-12/h1-5,7H,6H2. The zero-order chi connectivity index (χ0) is 13.1. The Labute approximate surface area is 116 Å². The molecule has 0 aliphatic heterocycles. The molecule has 19 heavy (non-hydrogen) atoms. The van der Waals surface area contributed by atoms with E-state index < -0.39 is 0 Å². The van der Waals surface area contributed by atoms with Gasteiger partial charge in [0.25, 0.3) is 0 Å². The fraction of sp³-hybridized carbons (Fsp3) is 0.0833. The first-order valence-corrected chi connectivity index (χ1v) is 7.27. The van der Waals surface area contributed by atoms with Gasteiger partial charge in [-0.3, -0.25) is 0 Å². The Kier molecular flexibility index (Phi) is 3.56. The molecule has 1 aromatic carbocycles. The number of oxazole rings is 1. The van der Waals surface area contributed by atoms with Crippen molar-refractivity contribution in [1.29, 1.82) is 0 Å². The van der Waals surface area contributed by atoms with Gasteiger partial charge < -0.3 is 4.42 Å². The molecule has 0 saturated carbocycles. The average Bonchev–Trinajstić information content (AvgIpc) is 3.08. The Hall–Kier alpha value is -1.73. The van der Waals surface area contributed by atoms with Crippen molar-refractivity contribution < 1.29 is 8.81 Å². The molecule has 0 aliphatic carbocycles. The van der Waals surface area contributed by atoms with Crippen LogP contribution in [0, 0.1) is 5.82 Å². The van der Waals surface area contributed by atoms with Gasteiger partial charge in [-0.25, -0.2) is 9.37 Å². The number of hydrogen-bond donors (Lipinski definition) is 0. The molecule has 0 amide bonds. The van der Waals surface area contributed by atoms with Crippen molar-refractivity contribution in [2.24, 2.45) is 0 Å². The fourth-order valence-corrected chi connectivity index (χ4v) is 2.85. The predicted molar refractivity (Wildman–Crippen MR) is 71.4 cm³/mol. The third kappa shape index (κ3) is 2.99. The highest BCUT2D eigenvalue weighted by Gasteiger charge is 2.08. The van der Waals surface area contributed by atoms with Gasteiger partial charge in [-0.1, -0.05) is 29.2 Å². The van der Waals surface area contributed by atoms with Crippen molar-refractivity contribution >= 4 is 23.1 Å². The Bertz CT molecular complexity index is 669. The van der Waals surface area contributed by atoms with E-state index in [1.807, 2.05) is 0 Å². The molecule has 2 heterocycles. The van der Waals surface area contributed by atoms with E-state index in [-0.39, 0.29) is 5.82 Å². The lowest BCUT2D eigenvalue weighted by molar-refractivity contribution is 0.571. The van der Waals surface area contributed by atoms with Crippen LogP contribution in [0.5, 0.6) is 0 Å². The molecule has 3 aromatic rings. The highest BCUT2D eigenvalue weighted by atomic mass is 32.2. The number of nitrogens with zero attached hydrogens (tertiary/aromatic N) is 3. The number of benzene rings is 1. The van der Waals surface area contributed by atoms with Crippen LogP contribution in [-0.2, 0) is 5.75 Å². The van der Waals surface area contributed by atoms with Crippen LogP contribution in [0.4, 0.5) is 4.39 Å². The van der Waals surface area contributed by atoms with Gasteiger partial charge in [0.15, 0.2) is 4.34 Å². The first-order valence-electron chi connectivity index (χ1n) is 5.40. The van der Waals surface area contributed by atoms with Crippen molar-refractivity contribution in [3.63, 3.8) is 0 Å². The molecule has 0 radical (unpaired) electrons. The fourth-order valence-electron chi connectivity index (χ4n) is 1.49. The second-order valence-corrected chi connectivity index (χ2v) is 5.70. The van der Waals surface area contributed by atoms with Crippen molar-refractivity contribution in [3.05, 3.63) is 47.6 Å². The highest BCUT2D eigenvalue weighted by Crippen LogP contribution is 2.25. The minimum atomic E-state index is -0.305. The van der Waals surface area contributed by atoms with Gasteiger partial charge in [0.05, 0.1) is 5.69 Å². The monoisotopic (exact) mass is 293 g/mol. The largest absolute Gasteiger partial charge is 0.444 e. The van der Waals surface area contributed by atoms with E-state index in [4.69, 9.17) is 4.42 Å². The predicted octanol–water partition coefficient (Wildman–Crippen LogP) is 3.62. The molecule has 4 nitrogen and oxygen atoms in total. The SMILES string of the molecule is Fc1cccc(-c2nc(CSc3nncs3)co2)c1. The molecule has 0 atom stereocenters. The summed E-state index contributed by atoms with van der Waals surface area (Å²) >= 11 is 3.02. The summed E-state index contributed by atoms with van der Waals surface area (Å²) in [6.07, 6.45) is 1.58. The number of thioether (sulfide) groups is 1. The Morgan fingerprint density at radius 2 is 2.32 bits per heavy atom. The summed E-state index contributed by atoms with van der Waals surface area (Å²) in [5.41, 5.74) is 3.11. The normalized spacial score (nSPS) is 10.8. The summed E-state index contributed by atoms with van der Waals surface area (Å²) in [5, 5.41) is 7.69. The molecule has 0 bridgehead atoms. The van der Waals surface area contributed by atoms with Crippen LogP contribution in [0.3, 0.4) is 0 Å². The summed E-state index contributed by atoms with van der Waals surface area (Å²) < 4.78 is 19.3. The maximum Gasteiger partial charge on any atom is 0.226 e. The highest BCUT2D eigenvalue weighted by molar-refractivity contribution is 8.00. The summed E-state index contributed by atoms with van der Waals surface area (Å²) in [5.74, 6) is 0.765. The molecule has 0 fully saturated rings. The minimum Gasteiger partial charge on any atom is -0.444 e. The average molecular weight is 293 g/mol. The van der Waals surface area contributed by atoms with Gasteiger partial charge in [-0.15, -0.1) is 10.2 Å². The minimum absolute atomic E-state index is 0.305. The molecule has 0 N–H and O–H groups in total. The van der Waals surface area contributed by atoms with E-state index in [0.29, 0.717) is 17.2 Å². The van der Waals surface area contributed by atoms with Crippen molar-refractivity contribution in [1.82, 2.24) is 15.2 Å². The van der Waals surface area contributed by atoms with Gasteiger partial charge in [-0.2, -0.15) is 0 Å². The first kappa shape index (κ1) is 12.3. The van der Waals surface area contributed by atoms with Gasteiger partial charge in [-0.05, 0) is 18.2 Å². The van der Waals surface area contributed by atoms with Crippen LogP contribution >= 0.6 is 23.1 Å². The van der Waals surface area contributed by atoms with Gasteiger partial charge in [0.1, 0.15) is 17.6 Å². The third-order valence-corrected chi connectivity index (χ3v) is 4.20. The van der Waals surface area contributed by atoms with Crippen molar-refractivity contribution in [3.8, 4) is 11.5 Å². The maximum atomic E-state index is 13.1. The summed E-state index contributed by atoms with van der Waals surface area (Å²) in [6.45, 7) is 0. The van der Waals surface area contributed by atoms with Gasteiger partial charge >= 0.3 is 0 Å². The molecule has 7 heteroatoms. The van der Waals surface area contributed by atoms with Crippen LogP contribution in [0.15, 0.2) is 44.8 Å². The van der Waals surface area contributed by atoms with Gasteiger partial charge in [0.2, 0.25) is 5.89 Å². The van der Waals surface area contributed by atoms with Crippen molar-refractivity contribution in [2.45, 2.75) is 10.1 Å². The second-order valence-electron chi connectivity index (χ2n) is 3.65. The quantitative estimate of drug-likeness (QED) is 0.688. The first-order chi connectivity index (χ1) is 9.31. The van der Waals surface area contributed by atoms with E-state index in [1.54, 1.807) is 35.7 Å². The van der Waals surface area contributed by atoms with E-state index in [9.17, 15) is 4.39 Å². The van der Waals surface area contributed by atoms with Crippen LogP contribution in [0.2, 0.25) is 0 Å². The molecular formula is C12H8FN3OS2. The molecule has 0 spiro atoms. The van der Waals surface area contributed by atoms with Gasteiger partial charge in [0, 0.05) is 11.3 Å². The van der Waals surface area contributed by atoms with E-state index in [2.05, 4.69) is 15.2 Å². The second kappa shape index (κ2) is 5.50. The Morgan fingerprint density at radius 3 is 3.11 bits per heavy atom. The van der Waals surface area contributed by atoms with Crippen molar-refractivity contribution in [2.75, 3.05) is 0 Å². The maximum absolute atomic E-state index is 13.1. The summed E-state index contributed by atoms with van der Waals surface area (Å²) in [7, 11) is 0. The summed E-state index contributed by atoms with van der Waals surface area (Å²) in [4.78, 5) is 4.32. The zero-order valence-electron chi connectivity index (χ0n) is 9.62. The lowest BCUT2D eigenvalue weighted by Gasteiger charge is -1.94. The molecule has 3 rings (SSSR count). The number of hydrogen-bond acceptors (Lipinski definition) is 6. The van der Waals surface area contributed by atoms with Crippen LogP contribution < -0.4 is 0 Å². The lowest BCUT2D eigenvalue weighted by Crippen LogP contribution is -1.83. The molecule has 96 valence electrons. The van der Waals surface area contributed by atoms with Crippen LogP contribution in [0.25, 0.3) is 11.5 Å². The number of aromatic nitrogens is 3. The van der Waals surface area contributed by atoms with E-state index in [0.717, 1.165) is 10.0 Å². The van der Waals surface area contributed by atoms with Crippen LogP contribution in [-0.4, -0.2) is 15.2 Å². The molecule has 2 aromatic heterocycles. The Balaban J connectivity index is 1.72. The zero-order valence-corrected chi connectivity index (χ0v) is 11.2. The molecule has 0 saturated heterocycles. The molecule has 0 unspecified atom stereocenters. The molecule has 0 aliphatic rings. The Morgan fingerprint density at radius 1 is 1.37 bits per heavy atom. The third-order valence-electron chi connectivity index (χ3n) is 2.31. The topological polar surface area (TPSA) is 51.8 Å². The van der Waals surface area contributed by atoms with Crippen LogP contribution in [0.1, 0.15) is 5.69 Å². The lowest BCUT2D eigenvalue weighted by atomic mass is 10.2. The smallest absolute Gasteiger partial charge is 0.226 e. The van der Waals surface area contributed by atoms with E-state index >= 15 is 0 Å².